The van der Waals surface area contributed by atoms with E-state index >= 15 is 9.59 Å². The summed E-state index contributed by atoms with van der Waals surface area (Å²) < 4.78 is 22.4. The van der Waals surface area contributed by atoms with E-state index in [-0.39, 0.29) is 46.9 Å². The smallest absolute Gasteiger partial charge is 0.260 e. The van der Waals surface area contributed by atoms with E-state index in [1.807, 2.05) is 48.6 Å². The van der Waals surface area contributed by atoms with Crippen molar-refractivity contribution in [2.45, 2.75) is 24.2 Å². The third-order valence-corrected chi connectivity index (χ3v) is 14.4. The van der Waals surface area contributed by atoms with E-state index in [4.69, 9.17) is 42.1 Å². The number of allylic oxidation sites excluding steroid dienone is 2. The number of methoxy groups -OCH3 is 4. The number of hydrazine groups is 1. The van der Waals surface area contributed by atoms with Crippen LogP contribution in [0.2, 0.25) is 10.0 Å². The molecule has 2 aliphatic heterocycles. The predicted octanol–water partition coefficient (Wildman–Crippen LogP) is 9.86. The van der Waals surface area contributed by atoms with Crippen molar-refractivity contribution in [2.24, 2.45) is 23.7 Å². The molecule has 2 aliphatic carbocycles. The maximum absolute atomic E-state index is 15.6. The lowest BCUT2D eigenvalue weighted by Gasteiger charge is -2.50. The summed E-state index contributed by atoms with van der Waals surface area (Å²) >= 11 is 16.3. The molecule has 9 rings (SSSR count). The lowest BCUT2D eigenvalue weighted by molar-refractivity contribution is -0.138. The minimum atomic E-state index is -1.62. The molecule has 4 aliphatic rings. The summed E-state index contributed by atoms with van der Waals surface area (Å²) in [6, 6.07) is 27.7. The first-order valence-corrected chi connectivity index (χ1v) is 22.3. The number of rotatable bonds is 11. The van der Waals surface area contributed by atoms with E-state index in [9.17, 15) is 14.7 Å². The Morgan fingerprint density at radius 1 is 0.754 bits per heavy atom. The van der Waals surface area contributed by atoms with Crippen LogP contribution in [-0.4, -0.2) is 62.2 Å². The van der Waals surface area contributed by atoms with Crippen LogP contribution in [0.5, 0.6) is 28.7 Å². The normalized spacial score (nSPS) is 23.6. The second kappa shape index (κ2) is 17.3. The number of phenolic OH excluding ortho intramolecular Hbond substituents is 1. The molecule has 3 fully saturated rings. The highest BCUT2D eigenvalue weighted by atomic mass is 79.9. The number of hydrogen-bond donors (Lipinski definition) is 2. The van der Waals surface area contributed by atoms with E-state index in [0.29, 0.717) is 43.6 Å². The number of carbonyl (C=O) groups is 4. The number of hydrogen-bond acceptors (Lipinski definition) is 10. The second-order valence-corrected chi connectivity index (χ2v) is 18.0. The lowest BCUT2D eigenvalue weighted by Crippen LogP contribution is -2.53. The average Bonchev–Trinajstić information content (AvgIpc) is 3.70. The monoisotopic (exact) mass is 977 g/mol. The van der Waals surface area contributed by atoms with Gasteiger partial charge in [0.2, 0.25) is 11.8 Å². The number of carbonyl (C=O) groups excluding carboxylic acids is 4. The molecular weight excluding hydrogens is 937 g/mol. The van der Waals surface area contributed by atoms with Crippen LogP contribution in [0.25, 0.3) is 12.2 Å². The van der Waals surface area contributed by atoms with Gasteiger partial charge in [0.15, 0.2) is 11.5 Å². The van der Waals surface area contributed by atoms with Gasteiger partial charge in [-0.15, -0.1) is 0 Å². The molecule has 6 unspecified atom stereocenters. The van der Waals surface area contributed by atoms with Crippen LogP contribution < -0.4 is 29.3 Å². The third-order valence-electron chi connectivity index (χ3n) is 13.2. The number of ether oxygens (including phenoxy) is 4. The molecule has 2 heterocycles. The number of benzene rings is 5. The first-order chi connectivity index (χ1) is 31.3. The Balaban J connectivity index is 1.14. The zero-order valence-electron chi connectivity index (χ0n) is 35.5. The molecule has 2 saturated heterocycles. The number of imide groups is 2. The molecule has 6 atom stereocenters. The summed E-state index contributed by atoms with van der Waals surface area (Å²) in [7, 11) is 6.15. The number of fused-ring (bicyclic) bond motifs is 4. The standard InChI is InChI=1S/C50H42BrCl2N3O9/c1-62-32-14-9-29(10-15-32)50-37(47(59)56(49(50)61)54-40-19-11-30(52)24-39(40)53)25-36-34(44(50)28-22-38(51)45(57)42(23-28)65-4)17-18-35-43(36)48(60)55(46(35)58)31-12-6-26(7-13-31)5-8-27-21-33(63-2)16-20-41(27)64-3/h5-17,19-24,35-37,43-44,54,57H,18,25H2,1-4H3. The SMILES string of the molecule is COc1ccc(C23C(=O)N(Nc4ccc(Cl)cc4Cl)C(=O)C2CC2C(=CCC4C(=O)N(c5ccc(C=Cc6cc(OC)ccc6OC)cc5)C(=O)C42)C3c2cc(Br)c(O)c(OC)c2)cc1. The summed E-state index contributed by atoms with van der Waals surface area (Å²) in [6.45, 7) is 0. The fourth-order valence-electron chi connectivity index (χ4n) is 10.3. The van der Waals surface area contributed by atoms with E-state index < -0.39 is 46.8 Å². The first-order valence-electron chi connectivity index (χ1n) is 20.7. The number of phenols is 1. The van der Waals surface area contributed by atoms with E-state index in [1.165, 1.54) is 25.2 Å². The van der Waals surface area contributed by atoms with Crippen molar-refractivity contribution in [3.05, 3.63) is 145 Å². The number of aromatic hydroxyl groups is 1. The zero-order chi connectivity index (χ0) is 45.9. The Morgan fingerprint density at radius 2 is 1.46 bits per heavy atom. The molecule has 2 N–H and O–H groups in total. The Morgan fingerprint density at radius 3 is 2.14 bits per heavy atom. The van der Waals surface area contributed by atoms with E-state index in [2.05, 4.69) is 21.4 Å². The number of nitrogens with zero attached hydrogens (tertiary/aromatic N) is 2. The highest BCUT2D eigenvalue weighted by molar-refractivity contribution is 9.10. The lowest BCUT2D eigenvalue weighted by atomic mass is 9.49. The highest BCUT2D eigenvalue weighted by Crippen LogP contribution is 2.65. The van der Waals surface area contributed by atoms with Crippen LogP contribution in [0.3, 0.4) is 0 Å². The van der Waals surface area contributed by atoms with Gasteiger partial charge in [0.1, 0.15) is 17.2 Å². The third kappa shape index (κ3) is 7.20. The maximum atomic E-state index is 15.6. The Kier molecular flexibility index (Phi) is 11.7. The van der Waals surface area contributed by atoms with Crippen molar-refractivity contribution < 1.29 is 43.2 Å². The highest BCUT2D eigenvalue weighted by Gasteiger charge is 2.70. The molecule has 0 bridgehead atoms. The largest absolute Gasteiger partial charge is 0.503 e. The van der Waals surface area contributed by atoms with Crippen molar-refractivity contribution >= 4 is 86.3 Å². The van der Waals surface area contributed by atoms with Gasteiger partial charge in [-0.3, -0.25) is 29.5 Å². The molecule has 5 aromatic rings. The molecule has 332 valence electrons. The molecule has 15 heteroatoms. The van der Waals surface area contributed by atoms with E-state index in [0.717, 1.165) is 21.7 Å². The quantitative estimate of drug-likeness (QED) is 0.0746. The summed E-state index contributed by atoms with van der Waals surface area (Å²) in [5, 5.41) is 12.6. The summed E-state index contributed by atoms with van der Waals surface area (Å²) in [5.41, 5.74) is 5.51. The number of nitrogens with one attached hydrogen (secondary N) is 1. The van der Waals surface area contributed by atoms with Gasteiger partial charge in [0, 0.05) is 16.5 Å². The summed E-state index contributed by atoms with van der Waals surface area (Å²) in [4.78, 5) is 61.5. The topological polar surface area (TPSA) is 144 Å². The molecule has 65 heavy (non-hydrogen) atoms. The van der Waals surface area contributed by atoms with Gasteiger partial charge in [0.25, 0.3) is 11.8 Å². The Labute approximate surface area is 393 Å². The maximum Gasteiger partial charge on any atom is 0.260 e. The Hall–Kier alpha value is -6.28. The van der Waals surface area contributed by atoms with Crippen LogP contribution in [0.15, 0.2) is 113 Å². The van der Waals surface area contributed by atoms with Crippen LogP contribution in [0.1, 0.15) is 41.0 Å². The fourth-order valence-corrected chi connectivity index (χ4v) is 11.2. The van der Waals surface area contributed by atoms with Crippen molar-refractivity contribution in [1.82, 2.24) is 5.01 Å². The van der Waals surface area contributed by atoms with Gasteiger partial charge in [-0.05, 0) is 124 Å². The molecule has 0 spiro atoms. The van der Waals surface area contributed by atoms with Gasteiger partial charge < -0.3 is 24.1 Å². The molecule has 4 amide bonds. The summed E-state index contributed by atoms with van der Waals surface area (Å²) in [6.07, 6.45) is 6.03. The van der Waals surface area contributed by atoms with Crippen LogP contribution in [-0.2, 0) is 24.6 Å². The average molecular weight is 980 g/mol. The van der Waals surface area contributed by atoms with Crippen molar-refractivity contribution in [3.63, 3.8) is 0 Å². The van der Waals surface area contributed by atoms with Crippen molar-refractivity contribution in [3.8, 4) is 28.7 Å². The van der Waals surface area contributed by atoms with Gasteiger partial charge in [-0.25, -0.2) is 0 Å². The summed E-state index contributed by atoms with van der Waals surface area (Å²) in [5.74, 6) is -4.15. The van der Waals surface area contributed by atoms with Gasteiger partial charge >= 0.3 is 0 Å². The minimum absolute atomic E-state index is 0.0628. The van der Waals surface area contributed by atoms with Gasteiger partial charge in [-0.2, -0.15) is 5.01 Å². The van der Waals surface area contributed by atoms with Crippen LogP contribution >= 0.6 is 39.1 Å². The van der Waals surface area contributed by atoms with E-state index in [1.54, 1.807) is 74.9 Å². The van der Waals surface area contributed by atoms with Crippen LogP contribution in [0, 0.1) is 23.7 Å². The van der Waals surface area contributed by atoms with Gasteiger partial charge in [-0.1, -0.05) is 71.3 Å². The fraction of sp³-hybridized carbons (Fsp3) is 0.240. The number of amides is 4. The molecule has 0 aromatic heterocycles. The number of halogens is 3. The first kappa shape index (κ1) is 43.9. The van der Waals surface area contributed by atoms with Crippen LogP contribution in [0.4, 0.5) is 11.4 Å². The molecule has 5 aromatic carbocycles. The van der Waals surface area contributed by atoms with Crippen molar-refractivity contribution in [2.75, 3.05) is 38.8 Å². The Bertz CT molecular complexity index is 2830. The van der Waals surface area contributed by atoms with Crippen molar-refractivity contribution in [1.29, 1.82) is 0 Å². The molecule has 12 nitrogen and oxygen atoms in total. The number of anilines is 2. The minimum Gasteiger partial charge on any atom is -0.503 e. The zero-order valence-corrected chi connectivity index (χ0v) is 38.6. The second-order valence-electron chi connectivity index (χ2n) is 16.3. The van der Waals surface area contributed by atoms with Gasteiger partial charge in [0.05, 0.1) is 72.5 Å². The molecular formula is C50H42BrCl2N3O9. The molecule has 1 saturated carbocycles. The molecule has 0 radical (unpaired) electrons. The predicted molar refractivity (Wildman–Crippen MR) is 250 cm³/mol.